The predicted molar refractivity (Wildman–Crippen MR) is 93.1 cm³/mol. The molecule has 1 saturated heterocycles. The molecule has 0 bridgehead atoms. The summed E-state index contributed by atoms with van der Waals surface area (Å²) in [5.74, 6) is -0.351. The fourth-order valence-corrected chi connectivity index (χ4v) is 2.77. The van der Waals surface area contributed by atoms with E-state index in [0.29, 0.717) is 18.7 Å². The maximum absolute atomic E-state index is 12.6. The van der Waals surface area contributed by atoms with E-state index >= 15 is 0 Å². The van der Waals surface area contributed by atoms with Crippen molar-refractivity contribution in [2.75, 3.05) is 26.8 Å². The number of hydrogen-bond acceptors (Lipinski definition) is 5. The van der Waals surface area contributed by atoms with Gasteiger partial charge in [-0.1, -0.05) is 11.6 Å². The third-order valence-electron chi connectivity index (χ3n) is 3.58. The van der Waals surface area contributed by atoms with Crippen molar-refractivity contribution >= 4 is 35.8 Å². The van der Waals surface area contributed by atoms with Gasteiger partial charge in [0.1, 0.15) is 0 Å². The highest BCUT2D eigenvalue weighted by atomic mass is 35.5. The van der Waals surface area contributed by atoms with Gasteiger partial charge in [-0.15, -0.1) is 12.4 Å². The number of halogens is 2. The van der Waals surface area contributed by atoms with Gasteiger partial charge in [0.25, 0.3) is 11.8 Å². The minimum Gasteiger partial charge on any atom is -0.493 e. The molecule has 1 aliphatic heterocycles. The van der Waals surface area contributed by atoms with Gasteiger partial charge in [-0.25, -0.2) is 0 Å². The smallest absolute Gasteiger partial charge is 0.255 e. The van der Waals surface area contributed by atoms with Crippen LogP contribution in [0.25, 0.3) is 0 Å². The largest absolute Gasteiger partial charge is 0.493 e. The van der Waals surface area contributed by atoms with Gasteiger partial charge < -0.3 is 25.8 Å². The second-order valence-electron chi connectivity index (χ2n) is 5.40. The second kappa shape index (κ2) is 8.96. The van der Waals surface area contributed by atoms with Crippen LogP contribution in [0.15, 0.2) is 12.1 Å². The molecule has 0 saturated carbocycles. The summed E-state index contributed by atoms with van der Waals surface area (Å²) in [5, 5.41) is 0.176. The number of benzene rings is 1. The normalized spacial score (nSPS) is 17.0. The Morgan fingerprint density at radius 3 is 2.71 bits per heavy atom. The van der Waals surface area contributed by atoms with Gasteiger partial charge in [0.15, 0.2) is 18.1 Å². The van der Waals surface area contributed by atoms with Gasteiger partial charge in [-0.05, 0) is 25.0 Å². The number of hydrogen-bond donors (Lipinski definition) is 2. The van der Waals surface area contributed by atoms with Crippen LogP contribution in [0.3, 0.4) is 0 Å². The minimum absolute atomic E-state index is 0. The fraction of sp³-hybridized carbons (Fsp3) is 0.467. The Morgan fingerprint density at radius 1 is 1.42 bits per heavy atom. The first-order valence-corrected chi connectivity index (χ1v) is 7.63. The maximum Gasteiger partial charge on any atom is 0.255 e. The zero-order valence-electron chi connectivity index (χ0n) is 13.3. The Balaban J connectivity index is 0.00000288. The number of methoxy groups -OCH3 is 1. The van der Waals surface area contributed by atoms with Gasteiger partial charge in [0.05, 0.1) is 12.1 Å². The van der Waals surface area contributed by atoms with Crippen molar-refractivity contribution in [3.63, 3.8) is 0 Å². The summed E-state index contributed by atoms with van der Waals surface area (Å²) in [6.45, 7) is 0.843. The van der Waals surface area contributed by atoms with E-state index in [1.165, 1.54) is 19.2 Å². The van der Waals surface area contributed by atoms with Crippen LogP contribution < -0.4 is 20.9 Å². The fourth-order valence-electron chi connectivity index (χ4n) is 2.50. The number of rotatable bonds is 5. The second-order valence-corrected chi connectivity index (χ2v) is 5.81. The molecule has 1 atom stereocenters. The summed E-state index contributed by atoms with van der Waals surface area (Å²) >= 11 is 6.16. The van der Waals surface area contributed by atoms with Crippen LogP contribution in [0.1, 0.15) is 23.2 Å². The highest BCUT2D eigenvalue weighted by Gasteiger charge is 2.24. The van der Waals surface area contributed by atoms with Crippen LogP contribution in [0.4, 0.5) is 0 Å². The Kier molecular flexibility index (Phi) is 7.59. The highest BCUT2D eigenvalue weighted by Crippen LogP contribution is 2.36. The summed E-state index contributed by atoms with van der Waals surface area (Å²) in [7, 11) is 1.42. The van der Waals surface area contributed by atoms with E-state index in [9.17, 15) is 9.59 Å². The van der Waals surface area contributed by atoms with Crippen LogP contribution in [0.5, 0.6) is 11.5 Å². The minimum atomic E-state index is -0.634. The molecule has 2 rings (SSSR count). The molecule has 24 heavy (non-hydrogen) atoms. The Bertz CT molecular complexity index is 613. The topological polar surface area (TPSA) is 108 Å². The molecule has 0 spiro atoms. The first kappa shape index (κ1) is 20.3. The zero-order chi connectivity index (χ0) is 17.0. The molecule has 1 heterocycles. The average molecular weight is 378 g/mol. The van der Waals surface area contributed by atoms with Crippen molar-refractivity contribution in [3.05, 3.63) is 22.7 Å². The van der Waals surface area contributed by atoms with E-state index < -0.39 is 5.91 Å². The van der Waals surface area contributed by atoms with Crippen molar-refractivity contribution in [2.45, 2.75) is 18.9 Å². The summed E-state index contributed by atoms with van der Waals surface area (Å²) in [6.07, 6.45) is 1.78. The number of nitrogens with zero attached hydrogens (tertiary/aromatic N) is 1. The molecule has 1 unspecified atom stereocenters. The number of primary amides is 1. The van der Waals surface area contributed by atoms with Crippen LogP contribution in [-0.4, -0.2) is 49.6 Å². The third kappa shape index (κ3) is 4.90. The van der Waals surface area contributed by atoms with Gasteiger partial charge in [-0.3, -0.25) is 9.59 Å². The molecular weight excluding hydrogens is 357 g/mol. The standard InChI is InChI=1S/C15H20ClN3O4.ClH/c1-22-12-6-9(5-11(16)14(12)23-8-13(18)20)15(21)19-4-2-3-10(17)7-19;/h5-6,10H,2-4,7-8,17H2,1H3,(H2,18,20);1H. The molecule has 2 amide bonds. The lowest BCUT2D eigenvalue weighted by Gasteiger charge is -2.31. The van der Waals surface area contributed by atoms with Crippen molar-refractivity contribution in [3.8, 4) is 11.5 Å². The molecule has 1 aromatic carbocycles. The first-order chi connectivity index (χ1) is 10.9. The van der Waals surface area contributed by atoms with Crippen molar-refractivity contribution < 1.29 is 19.1 Å². The Labute approximate surface area is 151 Å². The molecule has 0 aliphatic carbocycles. The quantitative estimate of drug-likeness (QED) is 0.801. The predicted octanol–water partition coefficient (Wildman–Crippen LogP) is 1.20. The summed E-state index contributed by atoms with van der Waals surface area (Å²) in [6, 6.07) is 3.01. The molecule has 9 heteroatoms. The van der Waals surface area contributed by atoms with Gasteiger partial charge in [0.2, 0.25) is 0 Å². The maximum atomic E-state index is 12.6. The highest BCUT2D eigenvalue weighted by molar-refractivity contribution is 6.32. The number of nitrogens with two attached hydrogens (primary N) is 2. The van der Waals surface area contributed by atoms with Crippen LogP contribution in [-0.2, 0) is 4.79 Å². The average Bonchev–Trinajstić information content (AvgIpc) is 2.52. The summed E-state index contributed by atoms with van der Waals surface area (Å²) < 4.78 is 10.4. The van der Waals surface area contributed by atoms with E-state index in [2.05, 4.69) is 0 Å². The molecule has 134 valence electrons. The van der Waals surface area contributed by atoms with Crippen LogP contribution >= 0.6 is 24.0 Å². The molecular formula is C15H21Cl2N3O4. The van der Waals surface area contributed by atoms with E-state index in [0.717, 1.165) is 12.8 Å². The Morgan fingerprint density at radius 2 is 2.12 bits per heavy atom. The van der Waals surface area contributed by atoms with E-state index in [1.807, 2.05) is 0 Å². The third-order valence-corrected chi connectivity index (χ3v) is 3.86. The zero-order valence-corrected chi connectivity index (χ0v) is 14.9. The molecule has 0 radical (unpaired) electrons. The van der Waals surface area contributed by atoms with Gasteiger partial charge in [-0.2, -0.15) is 0 Å². The van der Waals surface area contributed by atoms with Gasteiger partial charge >= 0.3 is 0 Å². The lowest BCUT2D eigenvalue weighted by atomic mass is 10.1. The Hall–Kier alpha value is -1.70. The number of carbonyl (C=O) groups is 2. The molecule has 0 aromatic heterocycles. The molecule has 7 nitrogen and oxygen atoms in total. The first-order valence-electron chi connectivity index (χ1n) is 7.26. The van der Waals surface area contributed by atoms with Crippen molar-refractivity contribution in [2.24, 2.45) is 11.5 Å². The van der Waals surface area contributed by atoms with Crippen molar-refractivity contribution in [1.82, 2.24) is 4.90 Å². The van der Waals surface area contributed by atoms with E-state index in [-0.39, 0.29) is 47.5 Å². The number of ether oxygens (including phenoxy) is 2. The number of likely N-dealkylation sites (tertiary alicyclic amines) is 1. The molecule has 1 fully saturated rings. The monoisotopic (exact) mass is 377 g/mol. The van der Waals surface area contributed by atoms with Crippen LogP contribution in [0, 0.1) is 0 Å². The number of amides is 2. The summed E-state index contributed by atoms with van der Waals surface area (Å²) in [5.41, 5.74) is 11.3. The SMILES string of the molecule is COc1cc(C(=O)N2CCCC(N)C2)cc(Cl)c1OCC(N)=O.Cl. The lowest BCUT2D eigenvalue weighted by Crippen LogP contribution is -2.45. The molecule has 4 N–H and O–H groups in total. The summed E-state index contributed by atoms with van der Waals surface area (Å²) in [4.78, 5) is 25.1. The number of piperidine rings is 1. The van der Waals surface area contributed by atoms with Crippen molar-refractivity contribution in [1.29, 1.82) is 0 Å². The number of carbonyl (C=O) groups excluding carboxylic acids is 2. The van der Waals surface area contributed by atoms with E-state index in [4.69, 9.17) is 32.5 Å². The lowest BCUT2D eigenvalue weighted by molar-refractivity contribution is -0.119. The molecule has 1 aromatic rings. The van der Waals surface area contributed by atoms with Gasteiger partial charge in [0, 0.05) is 24.7 Å². The van der Waals surface area contributed by atoms with Crippen LogP contribution in [0.2, 0.25) is 5.02 Å². The van der Waals surface area contributed by atoms with E-state index in [1.54, 1.807) is 4.90 Å². The molecule has 1 aliphatic rings.